The van der Waals surface area contributed by atoms with Gasteiger partial charge in [0.25, 0.3) is 5.91 Å². The molecule has 1 amide bonds. The van der Waals surface area contributed by atoms with Crippen LogP contribution in [0.4, 0.5) is 5.69 Å². The van der Waals surface area contributed by atoms with E-state index in [0.717, 1.165) is 17.9 Å². The molecule has 0 radical (unpaired) electrons. The van der Waals surface area contributed by atoms with E-state index in [-0.39, 0.29) is 0 Å². The number of esters is 1. The molecule has 0 spiro atoms. The van der Waals surface area contributed by atoms with E-state index in [1.54, 1.807) is 24.3 Å². The van der Waals surface area contributed by atoms with Gasteiger partial charge in [-0.2, -0.15) is 0 Å². The Morgan fingerprint density at radius 2 is 1.96 bits per heavy atom. The molecule has 2 rings (SSSR count). The highest BCUT2D eigenvalue weighted by atomic mass is 35.5. The summed E-state index contributed by atoms with van der Waals surface area (Å²) in [6, 6.07) is 6.64. The van der Waals surface area contributed by atoms with Gasteiger partial charge in [0.05, 0.1) is 18.4 Å². The summed E-state index contributed by atoms with van der Waals surface area (Å²) < 4.78 is 12.5. The number of nitrogens with one attached hydrogen (secondary N) is 1. The molecule has 7 heteroatoms. The molecule has 0 saturated carbocycles. The van der Waals surface area contributed by atoms with Crippen LogP contribution in [0.25, 0.3) is 0 Å². The number of hydrogen-bond donors (Lipinski definition) is 1. The van der Waals surface area contributed by atoms with Crippen LogP contribution in [0.3, 0.4) is 0 Å². The van der Waals surface area contributed by atoms with Gasteiger partial charge in [-0.25, -0.2) is 4.79 Å². The molecule has 6 nitrogen and oxygen atoms in total. The van der Waals surface area contributed by atoms with E-state index >= 15 is 0 Å². The zero-order valence-electron chi connectivity index (χ0n) is 15.6. The van der Waals surface area contributed by atoms with E-state index in [2.05, 4.69) is 5.32 Å². The smallest absolute Gasteiger partial charge is 0.340 e. The molecular weight excluding hydrogens is 356 g/mol. The average molecular weight is 379 g/mol. The van der Waals surface area contributed by atoms with Gasteiger partial charge in [-0.1, -0.05) is 11.6 Å². The second-order valence-electron chi connectivity index (χ2n) is 5.91. The van der Waals surface area contributed by atoms with Crippen molar-refractivity contribution < 1.29 is 19.1 Å². The summed E-state index contributed by atoms with van der Waals surface area (Å²) in [7, 11) is 1.49. The number of halogens is 1. The number of hydrogen-bond acceptors (Lipinski definition) is 4. The van der Waals surface area contributed by atoms with E-state index in [0.29, 0.717) is 22.0 Å². The topological polar surface area (TPSA) is 69.6 Å². The molecule has 0 saturated heterocycles. The SMILES string of the molecule is CCn1c(C)cc(C(=O)O[C@H](C)C(=O)Nc2cc(Cl)ccc2OC)c1C. The van der Waals surface area contributed by atoms with Crippen molar-refractivity contribution in [2.45, 2.75) is 40.3 Å². The Morgan fingerprint density at radius 3 is 2.54 bits per heavy atom. The third kappa shape index (κ3) is 4.19. The number of carbonyl (C=O) groups is 2. The van der Waals surface area contributed by atoms with Crippen molar-refractivity contribution in [1.29, 1.82) is 0 Å². The predicted octanol–water partition coefficient (Wildman–Crippen LogP) is 3.97. The summed E-state index contributed by atoms with van der Waals surface area (Å²) >= 11 is 5.95. The maximum atomic E-state index is 12.4. The molecule has 0 aliphatic carbocycles. The first-order valence-electron chi connectivity index (χ1n) is 8.30. The number of aryl methyl sites for hydroxylation is 1. The number of anilines is 1. The number of nitrogens with zero attached hydrogens (tertiary/aromatic N) is 1. The fourth-order valence-electron chi connectivity index (χ4n) is 2.78. The van der Waals surface area contributed by atoms with Crippen molar-refractivity contribution in [3.63, 3.8) is 0 Å². The number of ether oxygens (including phenoxy) is 2. The Balaban J connectivity index is 2.10. The fraction of sp³-hybridized carbons (Fsp3) is 0.368. The minimum absolute atomic E-state index is 0.414. The molecule has 0 bridgehead atoms. The first-order chi connectivity index (χ1) is 12.3. The highest BCUT2D eigenvalue weighted by Crippen LogP contribution is 2.28. The number of amides is 1. The molecule has 1 N–H and O–H groups in total. The van der Waals surface area contributed by atoms with Crippen LogP contribution in [0.5, 0.6) is 5.75 Å². The number of aromatic nitrogens is 1. The Labute approximate surface area is 158 Å². The van der Waals surface area contributed by atoms with Crippen molar-refractivity contribution >= 4 is 29.2 Å². The van der Waals surface area contributed by atoms with Gasteiger partial charge in [0, 0.05) is 23.0 Å². The predicted molar refractivity (Wildman–Crippen MR) is 101 cm³/mol. The number of rotatable bonds is 6. The van der Waals surface area contributed by atoms with Crippen LogP contribution in [-0.2, 0) is 16.1 Å². The zero-order chi connectivity index (χ0) is 19.4. The third-order valence-electron chi connectivity index (χ3n) is 4.18. The molecule has 26 heavy (non-hydrogen) atoms. The molecule has 0 fully saturated rings. The first kappa shape index (κ1) is 19.8. The lowest BCUT2D eigenvalue weighted by atomic mass is 10.2. The van der Waals surface area contributed by atoms with E-state index in [9.17, 15) is 9.59 Å². The fourth-order valence-corrected chi connectivity index (χ4v) is 2.96. The monoisotopic (exact) mass is 378 g/mol. The second-order valence-corrected chi connectivity index (χ2v) is 6.35. The molecule has 2 aromatic rings. The van der Waals surface area contributed by atoms with Crippen LogP contribution < -0.4 is 10.1 Å². The highest BCUT2D eigenvalue weighted by Gasteiger charge is 2.23. The maximum Gasteiger partial charge on any atom is 0.340 e. The van der Waals surface area contributed by atoms with E-state index in [4.69, 9.17) is 21.1 Å². The van der Waals surface area contributed by atoms with Crippen molar-refractivity contribution in [3.8, 4) is 5.75 Å². The van der Waals surface area contributed by atoms with Crippen LogP contribution in [-0.4, -0.2) is 29.7 Å². The van der Waals surface area contributed by atoms with E-state index < -0.39 is 18.0 Å². The summed E-state index contributed by atoms with van der Waals surface area (Å²) in [5, 5.41) is 3.13. The third-order valence-corrected chi connectivity index (χ3v) is 4.42. The Kier molecular flexibility index (Phi) is 6.32. The second kappa shape index (κ2) is 8.27. The average Bonchev–Trinajstić information content (AvgIpc) is 2.88. The first-order valence-corrected chi connectivity index (χ1v) is 8.68. The summed E-state index contributed by atoms with van der Waals surface area (Å²) in [5.74, 6) is -0.533. The minimum Gasteiger partial charge on any atom is -0.495 e. The maximum absolute atomic E-state index is 12.4. The molecular formula is C19H23ClN2O4. The van der Waals surface area contributed by atoms with Crippen molar-refractivity contribution in [1.82, 2.24) is 4.57 Å². The van der Waals surface area contributed by atoms with Crippen LogP contribution in [0.15, 0.2) is 24.3 Å². The van der Waals surface area contributed by atoms with Crippen molar-refractivity contribution in [3.05, 3.63) is 46.2 Å². The number of carbonyl (C=O) groups excluding carboxylic acids is 2. The summed E-state index contributed by atoms with van der Waals surface area (Å²) in [6.45, 7) is 8.06. The normalized spacial score (nSPS) is 11.8. The molecule has 1 aromatic carbocycles. The van der Waals surface area contributed by atoms with Gasteiger partial charge in [0.2, 0.25) is 0 Å². The van der Waals surface area contributed by atoms with Gasteiger partial charge in [-0.05, 0) is 52.0 Å². The van der Waals surface area contributed by atoms with Gasteiger partial charge in [0.1, 0.15) is 5.75 Å². The van der Waals surface area contributed by atoms with Crippen LogP contribution in [0.2, 0.25) is 5.02 Å². The van der Waals surface area contributed by atoms with E-state index in [1.165, 1.54) is 14.0 Å². The molecule has 0 aliphatic rings. The van der Waals surface area contributed by atoms with Crippen LogP contribution in [0.1, 0.15) is 35.6 Å². The lowest BCUT2D eigenvalue weighted by molar-refractivity contribution is -0.123. The molecule has 1 atom stereocenters. The van der Waals surface area contributed by atoms with Crippen LogP contribution in [0, 0.1) is 13.8 Å². The zero-order valence-corrected chi connectivity index (χ0v) is 16.3. The quantitative estimate of drug-likeness (QED) is 0.772. The Hall–Kier alpha value is -2.47. The summed E-state index contributed by atoms with van der Waals surface area (Å²) in [6.07, 6.45) is -0.976. The van der Waals surface area contributed by atoms with Gasteiger partial charge >= 0.3 is 5.97 Å². The lowest BCUT2D eigenvalue weighted by Crippen LogP contribution is -2.30. The van der Waals surface area contributed by atoms with Crippen LogP contribution >= 0.6 is 11.6 Å². The Bertz CT molecular complexity index is 829. The largest absolute Gasteiger partial charge is 0.495 e. The highest BCUT2D eigenvalue weighted by molar-refractivity contribution is 6.31. The summed E-state index contributed by atoms with van der Waals surface area (Å²) in [5.41, 5.74) is 2.67. The van der Waals surface area contributed by atoms with Gasteiger partial charge in [-0.15, -0.1) is 0 Å². The molecule has 1 heterocycles. The van der Waals surface area contributed by atoms with Gasteiger partial charge in [0.15, 0.2) is 6.10 Å². The molecule has 140 valence electrons. The van der Waals surface area contributed by atoms with Gasteiger partial charge in [-0.3, -0.25) is 4.79 Å². The number of methoxy groups -OCH3 is 1. The minimum atomic E-state index is -0.976. The standard InChI is InChI=1S/C19H23ClN2O4/c1-6-22-11(2)9-15(12(22)3)19(24)26-13(4)18(23)21-16-10-14(20)7-8-17(16)25-5/h7-10,13H,6H2,1-5H3,(H,21,23)/t13-/m1/s1. The van der Waals surface area contributed by atoms with E-state index in [1.807, 2.05) is 25.3 Å². The number of benzene rings is 1. The lowest BCUT2D eigenvalue weighted by Gasteiger charge is -2.15. The Morgan fingerprint density at radius 1 is 1.27 bits per heavy atom. The molecule has 1 aromatic heterocycles. The van der Waals surface area contributed by atoms with Crippen molar-refractivity contribution in [2.75, 3.05) is 12.4 Å². The molecule has 0 aliphatic heterocycles. The van der Waals surface area contributed by atoms with Crippen molar-refractivity contribution in [2.24, 2.45) is 0 Å². The van der Waals surface area contributed by atoms with Gasteiger partial charge < -0.3 is 19.4 Å². The summed E-state index contributed by atoms with van der Waals surface area (Å²) in [4.78, 5) is 24.8. The molecule has 0 unspecified atom stereocenters.